The van der Waals surface area contributed by atoms with Crippen molar-refractivity contribution in [3.05, 3.63) is 57.5 Å². The number of amides is 1. The van der Waals surface area contributed by atoms with E-state index in [0.29, 0.717) is 12.1 Å². The summed E-state index contributed by atoms with van der Waals surface area (Å²) in [4.78, 5) is 14.0. The number of rotatable bonds is 3. The van der Waals surface area contributed by atoms with Gasteiger partial charge in [-0.1, -0.05) is 15.9 Å². The van der Waals surface area contributed by atoms with E-state index in [1.807, 2.05) is 44.2 Å². The first kappa shape index (κ1) is 13.9. The number of hydrogen-bond acceptors (Lipinski definition) is 2. The van der Waals surface area contributed by atoms with E-state index in [0.717, 1.165) is 21.6 Å². The van der Waals surface area contributed by atoms with Gasteiger partial charge in [-0.2, -0.15) is 0 Å². The molecule has 2 aromatic rings. The molecule has 1 aromatic carbocycles. The Morgan fingerprint density at radius 1 is 1.26 bits per heavy atom. The SMILES string of the molecule is Cc1cc(Br)cc(C(=O)N(C)Cc2ccc(C)o2)c1. The zero-order valence-electron chi connectivity index (χ0n) is 11.2. The maximum absolute atomic E-state index is 12.3. The largest absolute Gasteiger partial charge is 0.464 e. The van der Waals surface area contributed by atoms with Gasteiger partial charge >= 0.3 is 0 Å². The number of hydrogen-bond donors (Lipinski definition) is 0. The average molecular weight is 322 g/mol. The molecule has 0 aliphatic rings. The van der Waals surface area contributed by atoms with Crippen LogP contribution in [0.25, 0.3) is 0 Å². The minimum atomic E-state index is -0.0153. The van der Waals surface area contributed by atoms with Crippen LogP contribution in [0.3, 0.4) is 0 Å². The van der Waals surface area contributed by atoms with Crippen molar-refractivity contribution < 1.29 is 9.21 Å². The maximum atomic E-state index is 12.3. The van der Waals surface area contributed by atoms with Crippen molar-refractivity contribution in [1.82, 2.24) is 4.90 Å². The first-order valence-electron chi connectivity index (χ1n) is 6.03. The third-order valence-electron chi connectivity index (χ3n) is 2.82. The minimum absolute atomic E-state index is 0.0153. The standard InChI is InChI=1S/C15H16BrNO2/c1-10-6-12(8-13(16)7-10)15(18)17(3)9-14-5-4-11(2)19-14/h4-8H,9H2,1-3H3. The number of carbonyl (C=O) groups is 1. The maximum Gasteiger partial charge on any atom is 0.254 e. The highest BCUT2D eigenvalue weighted by atomic mass is 79.9. The average Bonchev–Trinajstić information content (AvgIpc) is 2.72. The Morgan fingerprint density at radius 2 is 2.00 bits per heavy atom. The van der Waals surface area contributed by atoms with E-state index < -0.39 is 0 Å². The Labute approximate surface area is 121 Å². The number of halogens is 1. The summed E-state index contributed by atoms with van der Waals surface area (Å²) >= 11 is 3.41. The Morgan fingerprint density at radius 3 is 2.58 bits per heavy atom. The van der Waals surface area contributed by atoms with Crippen LogP contribution < -0.4 is 0 Å². The van der Waals surface area contributed by atoms with Crippen molar-refractivity contribution in [1.29, 1.82) is 0 Å². The van der Waals surface area contributed by atoms with Crippen molar-refractivity contribution in [2.75, 3.05) is 7.05 Å². The van der Waals surface area contributed by atoms with Crippen LogP contribution >= 0.6 is 15.9 Å². The van der Waals surface area contributed by atoms with Gasteiger partial charge in [-0.3, -0.25) is 4.79 Å². The summed E-state index contributed by atoms with van der Waals surface area (Å²) in [5.41, 5.74) is 1.73. The topological polar surface area (TPSA) is 33.5 Å². The lowest BCUT2D eigenvalue weighted by Crippen LogP contribution is -2.26. The Kier molecular flexibility index (Phi) is 4.10. The molecule has 0 aliphatic carbocycles. The predicted molar refractivity (Wildman–Crippen MR) is 78.1 cm³/mol. The lowest BCUT2D eigenvalue weighted by Gasteiger charge is -2.16. The second-order valence-electron chi connectivity index (χ2n) is 4.69. The molecule has 1 amide bonds. The molecule has 100 valence electrons. The molecule has 0 aliphatic heterocycles. The molecule has 19 heavy (non-hydrogen) atoms. The Balaban J connectivity index is 2.14. The summed E-state index contributed by atoms with van der Waals surface area (Å²) in [7, 11) is 1.77. The van der Waals surface area contributed by atoms with Gasteiger partial charge in [0.15, 0.2) is 0 Å². The van der Waals surface area contributed by atoms with E-state index in [2.05, 4.69) is 15.9 Å². The van der Waals surface area contributed by atoms with E-state index in [1.54, 1.807) is 11.9 Å². The smallest absolute Gasteiger partial charge is 0.254 e. The van der Waals surface area contributed by atoms with Crippen LogP contribution in [0.4, 0.5) is 0 Å². The van der Waals surface area contributed by atoms with Crippen LogP contribution in [-0.2, 0) is 6.54 Å². The summed E-state index contributed by atoms with van der Waals surface area (Å²) in [6.45, 7) is 4.33. The summed E-state index contributed by atoms with van der Waals surface area (Å²) < 4.78 is 6.40. The van der Waals surface area contributed by atoms with Crippen molar-refractivity contribution in [3.8, 4) is 0 Å². The second-order valence-corrected chi connectivity index (χ2v) is 5.61. The van der Waals surface area contributed by atoms with Crippen LogP contribution in [-0.4, -0.2) is 17.9 Å². The predicted octanol–water partition coefficient (Wildman–Crippen LogP) is 3.93. The summed E-state index contributed by atoms with van der Waals surface area (Å²) in [6.07, 6.45) is 0. The van der Waals surface area contributed by atoms with Crippen LogP contribution in [0.15, 0.2) is 39.2 Å². The van der Waals surface area contributed by atoms with Crippen molar-refractivity contribution in [2.24, 2.45) is 0 Å². The fourth-order valence-electron chi connectivity index (χ4n) is 1.96. The highest BCUT2D eigenvalue weighted by Crippen LogP contribution is 2.17. The van der Waals surface area contributed by atoms with Gasteiger partial charge in [-0.15, -0.1) is 0 Å². The first-order valence-corrected chi connectivity index (χ1v) is 6.83. The first-order chi connectivity index (χ1) is 8.95. The summed E-state index contributed by atoms with van der Waals surface area (Å²) in [6, 6.07) is 9.49. The molecule has 0 N–H and O–H groups in total. The van der Waals surface area contributed by atoms with Crippen molar-refractivity contribution in [3.63, 3.8) is 0 Å². The molecule has 3 nitrogen and oxygen atoms in total. The van der Waals surface area contributed by atoms with Crippen LogP contribution in [0, 0.1) is 13.8 Å². The molecular formula is C15H16BrNO2. The summed E-state index contributed by atoms with van der Waals surface area (Å²) in [5, 5.41) is 0. The third-order valence-corrected chi connectivity index (χ3v) is 3.28. The molecule has 0 atom stereocenters. The van der Waals surface area contributed by atoms with Gasteiger partial charge in [0, 0.05) is 17.1 Å². The van der Waals surface area contributed by atoms with Gasteiger partial charge in [0.2, 0.25) is 0 Å². The van der Waals surface area contributed by atoms with Gasteiger partial charge < -0.3 is 9.32 Å². The highest BCUT2D eigenvalue weighted by Gasteiger charge is 2.14. The van der Waals surface area contributed by atoms with E-state index >= 15 is 0 Å². The van der Waals surface area contributed by atoms with Gasteiger partial charge in [0.25, 0.3) is 5.91 Å². The molecule has 2 rings (SSSR count). The van der Waals surface area contributed by atoms with Crippen molar-refractivity contribution in [2.45, 2.75) is 20.4 Å². The molecule has 0 spiro atoms. The quantitative estimate of drug-likeness (QED) is 0.858. The van der Waals surface area contributed by atoms with Crippen LogP contribution in [0.2, 0.25) is 0 Å². The minimum Gasteiger partial charge on any atom is -0.464 e. The fourth-order valence-corrected chi connectivity index (χ4v) is 2.56. The van der Waals surface area contributed by atoms with Gasteiger partial charge in [-0.05, 0) is 49.7 Å². The number of aryl methyl sites for hydroxylation is 2. The third kappa shape index (κ3) is 3.47. The molecule has 4 heteroatoms. The van der Waals surface area contributed by atoms with E-state index in [9.17, 15) is 4.79 Å². The normalized spacial score (nSPS) is 10.5. The molecule has 0 saturated carbocycles. The fraction of sp³-hybridized carbons (Fsp3) is 0.267. The molecular weight excluding hydrogens is 306 g/mol. The lowest BCUT2D eigenvalue weighted by atomic mass is 10.1. The van der Waals surface area contributed by atoms with Crippen molar-refractivity contribution >= 4 is 21.8 Å². The summed E-state index contributed by atoms with van der Waals surface area (Å²) in [5.74, 6) is 1.63. The number of carbonyl (C=O) groups excluding carboxylic acids is 1. The lowest BCUT2D eigenvalue weighted by molar-refractivity contribution is 0.0775. The van der Waals surface area contributed by atoms with Gasteiger partial charge in [0.05, 0.1) is 6.54 Å². The van der Waals surface area contributed by atoms with E-state index in [4.69, 9.17) is 4.42 Å². The number of benzene rings is 1. The number of furan rings is 1. The van der Waals surface area contributed by atoms with Gasteiger partial charge in [0.1, 0.15) is 11.5 Å². The Bertz CT molecular complexity index is 584. The Hall–Kier alpha value is -1.55. The second kappa shape index (κ2) is 5.61. The molecule has 0 unspecified atom stereocenters. The number of nitrogens with zero attached hydrogens (tertiary/aromatic N) is 1. The highest BCUT2D eigenvalue weighted by molar-refractivity contribution is 9.10. The molecule has 0 saturated heterocycles. The molecule has 0 radical (unpaired) electrons. The zero-order valence-corrected chi connectivity index (χ0v) is 12.8. The molecule has 0 bridgehead atoms. The van der Waals surface area contributed by atoms with E-state index in [1.165, 1.54) is 0 Å². The van der Waals surface area contributed by atoms with Gasteiger partial charge in [-0.25, -0.2) is 0 Å². The molecule has 0 fully saturated rings. The van der Waals surface area contributed by atoms with E-state index in [-0.39, 0.29) is 5.91 Å². The van der Waals surface area contributed by atoms with Crippen LogP contribution in [0.5, 0.6) is 0 Å². The molecule has 1 heterocycles. The monoisotopic (exact) mass is 321 g/mol. The van der Waals surface area contributed by atoms with Crippen LogP contribution in [0.1, 0.15) is 27.4 Å². The zero-order chi connectivity index (χ0) is 14.0. The molecule has 1 aromatic heterocycles.